The van der Waals surface area contributed by atoms with Gasteiger partial charge in [0, 0.05) is 13.1 Å². The van der Waals surface area contributed by atoms with Crippen LogP contribution in [-0.2, 0) is 9.53 Å². The van der Waals surface area contributed by atoms with Crippen LogP contribution in [0.3, 0.4) is 0 Å². The minimum atomic E-state index is -0.704. The Balaban J connectivity index is 2.55. The fourth-order valence-corrected chi connectivity index (χ4v) is 2.65. The van der Waals surface area contributed by atoms with Gasteiger partial charge in [0.15, 0.2) is 0 Å². The lowest BCUT2D eigenvalue weighted by Crippen LogP contribution is -2.51. The van der Waals surface area contributed by atoms with Gasteiger partial charge in [0.05, 0.1) is 10.6 Å². The Bertz CT molecular complexity index is 716. The Morgan fingerprint density at radius 2 is 1.62 bits per heavy atom. The number of carbonyl (C=O) groups excluding carboxylic acids is 3. The molecule has 0 bridgehead atoms. The number of rotatable bonds is 8. The van der Waals surface area contributed by atoms with E-state index >= 15 is 0 Å². The number of nitrogens with one attached hydrogen (secondary N) is 3. The zero-order chi connectivity index (χ0) is 22.2. The highest BCUT2D eigenvalue weighted by Crippen LogP contribution is 2.15. The van der Waals surface area contributed by atoms with Crippen LogP contribution in [0.15, 0.2) is 24.3 Å². The van der Waals surface area contributed by atoms with Crippen LogP contribution in [0.2, 0.25) is 5.02 Å². The number of alkyl carbamates (subject to hydrolysis) is 1. The number of hydrogen-bond acceptors (Lipinski definition) is 4. The minimum absolute atomic E-state index is 0.0152. The van der Waals surface area contributed by atoms with E-state index in [0.29, 0.717) is 23.7 Å². The van der Waals surface area contributed by atoms with Gasteiger partial charge in [0.2, 0.25) is 5.91 Å². The molecule has 0 heterocycles. The first-order valence-electron chi connectivity index (χ1n) is 9.70. The lowest BCUT2D eigenvalue weighted by Gasteiger charge is -2.23. The Morgan fingerprint density at radius 1 is 1.03 bits per heavy atom. The van der Waals surface area contributed by atoms with Crippen LogP contribution in [0.4, 0.5) is 4.79 Å². The van der Waals surface area contributed by atoms with Crippen molar-refractivity contribution in [1.82, 2.24) is 16.0 Å². The van der Waals surface area contributed by atoms with Crippen molar-refractivity contribution in [2.24, 2.45) is 11.8 Å². The fraction of sp³-hybridized carbons (Fsp3) is 0.571. The molecule has 7 nitrogen and oxygen atoms in total. The van der Waals surface area contributed by atoms with Gasteiger partial charge < -0.3 is 20.7 Å². The summed E-state index contributed by atoms with van der Waals surface area (Å²) in [4.78, 5) is 36.8. The fourth-order valence-electron chi connectivity index (χ4n) is 2.43. The molecule has 0 aromatic heterocycles. The second-order valence-electron chi connectivity index (χ2n) is 8.41. The second-order valence-corrected chi connectivity index (χ2v) is 8.82. The maximum absolute atomic E-state index is 12.6. The smallest absolute Gasteiger partial charge is 0.407 e. The number of halogens is 1. The van der Waals surface area contributed by atoms with Crippen LogP contribution >= 0.6 is 11.6 Å². The van der Waals surface area contributed by atoms with E-state index in [2.05, 4.69) is 16.0 Å². The number of carbonyl (C=O) groups is 3. The molecule has 0 fully saturated rings. The largest absolute Gasteiger partial charge is 0.444 e. The van der Waals surface area contributed by atoms with Gasteiger partial charge in [-0.15, -0.1) is 0 Å². The molecule has 8 heteroatoms. The maximum atomic E-state index is 12.6. The first-order chi connectivity index (χ1) is 13.4. The van der Waals surface area contributed by atoms with E-state index < -0.39 is 23.6 Å². The molecule has 3 N–H and O–H groups in total. The van der Waals surface area contributed by atoms with Crippen LogP contribution < -0.4 is 16.0 Å². The van der Waals surface area contributed by atoms with E-state index in [1.807, 2.05) is 20.8 Å². The molecule has 1 rings (SSSR count). The van der Waals surface area contributed by atoms with Crippen molar-refractivity contribution in [3.05, 3.63) is 34.9 Å². The average molecular weight is 426 g/mol. The van der Waals surface area contributed by atoms with E-state index in [1.54, 1.807) is 45.0 Å². The van der Waals surface area contributed by atoms with Gasteiger partial charge in [-0.3, -0.25) is 9.59 Å². The molecule has 0 aliphatic carbocycles. The van der Waals surface area contributed by atoms with Crippen molar-refractivity contribution in [1.29, 1.82) is 0 Å². The molecule has 1 aromatic rings. The Labute approximate surface area is 177 Å². The van der Waals surface area contributed by atoms with Crippen LogP contribution in [0, 0.1) is 11.8 Å². The van der Waals surface area contributed by atoms with Gasteiger partial charge in [-0.1, -0.05) is 44.5 Å². The summed E-state index contributed by atoms with van der Waals surface area (Å²) < 4.78 is 5.18. The van der Waals surface area contributed by atoms with Gasteiger partial charge in [0.1, 0.15) is 11.6 Å². The third-order valence-corrected chi connectivity index (χ3v) is 4.30. The summed E-state index contributed by atoms with van der Waals surface area (Å²) in [7, 11) is 0. The summed E-state index contributed by atoms with van der Waals surface area (Å²) in [6, 6.07) is 5.98. The molecular weight excluding hydrogens is 394 g/mol. The molecule has 2 atom stereocenters. The summed E-state index contributed by atoms with van der Waals surface area (Å²) in [5, 5.41) is 8.58. The topological polar surface area (TPSA) is 96.5 Å². The van der Waals surface area contributed by atoms with Crippen molar-refractivity contribution in [2.45, 2.75) is 53.2 Å². The molecule has 0 aliphatic heterocycles. The molecular formula is C21H32ClN3O4. The first kappa shape index (κ1) is 24.8. The van der Waals surface area contributed by atoms with Gasteiger partial charge in [0.25, 0.3) is 5.91 Å². The molecule has 29 heavy (non-hydrogen) atoms. The molecule has 0 radical (unpaired) electrons. The predicted molar refractivity (Wildman–Crippen MR) is 114 cm³/mol. The second kappa shape index (κ2) is 11.0. The molecule has 1 aromatic carbocycles. The van der Waals surface area contributed by atoms with E-state index in [9.17, 15) is 14.4 Å². The van der Waals surface area contributed by atoms with Crippen LogP contribution in [0.25, 0.3) is 0 Å². The van der Waals surface area contributed by atoms with Crippen LogP contribution in [0.1, 0.15) is 51.9 Å². The van der Waals surface area contributed by atoms with Crippen molar-refractivity contribution >= 4 is 29.5 Å². The van der Waals surface area contributed by atoms with E-state index in [0.717, 1.165) is 0 Å². The molecule has 162 valence electrons. The highest BCUT2D eigenvalue weighted by atomic mass is 35.5. The summed E-state index contributed by atoms with van der Waals surface area (Å²) in [5.41, 5.74) is -0.242. The summed E-state index contributed by atoms with van der Waals surface area (Å²) in [5.74, 6) is -0.816. The number of hydrogen-bond donors (Lipinski definition) is 3. The Morgan fingerprint density at radius 3 is 2.17 bits per heavy atom. The predicted octanol–water partition coefficient (Wildman–Crippen LogP) is 3.37. The Hall–Kier alpha value is -2.28. The summed E-state index contributed by atoms with van der Waals surface area (Å²) >= 11 is 6.06. The Kier molecular flexibility index (Phi) is 9.43. The third-order valence-electron chi connectivity index (χ3n) is 3.97. The van der Waals surface area contributed by atoms with Gasteiger partial charge >= 0.3 is 6.09 Å². The normalized spacial score (nSPS) is 13.4. The van der Waals surface area contributed by atoms with E-state index in [-0.39, 0.29) is 17.7 Å². The lowest BCUT2D eigenvalue weighted by molar-refractivity contribution is -0.124. The van der Waals surface area contributed by atoms with Crippen molar-refractivity contribution in [2.75, 3.05) is 13.1 Å². The summed E-state index contributed by atoms with van der Waals surface area (Å²) in [6.45, 7) is 11.7. The van der Waals surface area contributed by atoms with Crippen molar-refractivity contribution in [3.8, 4) is 0 Å². The monoisotopic (exact) mass is 425 g/mol. The standard InChI is InChI=1S/C21H32ClN3O4/c1-13(2)17(25-18(26)15-9-7-8-10-16(15)22)19(27)23-11-14(3)12-24-20(28)29-21(4,5)6/h7-10,13-14,17H,11-12H2,1-6H3,(H,23,27)(H,24,28)(H,25,26)/t14-,17-/m1/s1. The molecule has 0 aliphatic rings. The van der Waals surface area contributed by atoms with E-state index in [1.165, 1.54) is 0 Å². The molecule has 3 amide bonds. The van der Waals surface area contributed by atoms with Crippen molar-refractivity contribution < 1.29 is 19.1 Å². The zero-order valence-corrected chi connectivity index (χ0v) is 18.7. The van der Waals surface area contributed by atoms with Crippen LogP contribution in [0.5, 0.6) is 0 Å². The minimum Gasteiger partial charge on any atom is -0.444 e. The number of ether oxygens (including phenoxy) is 1. The first-order valence-corrected chi connectivity index (χ1v) is 10.1. The average Bonchev–Trinajstić information content (AvgIpc) is 2.61. The SMILES string of the molecule is CC(C)[C@@H](NC(=O)c1ccccc1Cl)C(=O)NC[C@@H](C)CNC(=O)OC(C)(C)C. The van der Waals surface area contributed by atoms with Gasteiger partial charge in [-0.2, -0.15) is 0 Å². The molecule has 0 unspecified atom stereocenters. The van der Waals surface area contributed by atoms with Crippen LogP contribution in [-0.4, -0.2) is 42.6 Å². The highest BCUT2D eigenvalue weighted by molar-refractivity contribution is 6.33. The lowest BCUT2D eigenvalue weighted by atomic mass is 10.0. The quantitative estimate of drug-likeness (QED) is 0.594. The van der Waals surface area contributed by atoms with Crippen molar-refractivity contribution in [3.63, 3.8) is 0 Å². The molecule has 0 saturated heterocycles. The van der Waals surface area contributed by atoms with Gasteiger partial charge in [-0.25, -0.2) is 4.79 Å². The van der Waals surface area contributed by atoms with Gasteiger partial charge in [-0.05, 0) is 44.7 Å². The van der Waals surface area contributed by atoms with E-state index in [4.69, 9.17) is 16.3 Å². The maximum Gasteiger partial charge on any atom is 0.407 e. The molecule has 0 spiro atoms. The summed E-state index contributed by atoms with van der Waals surface area (Å²) in [6.07, 6.45) is -0.497. The zero-order valence-electron chi connectivity index (χ0n) is 18.0. The third kappa shape index (κ3) is 9.17. The number of benzene rings is 1. The molecule has 0 saturated carbocycles. The highest BCUT2D eigenvalue weighted by Gasteiger charge is 2.25. The number of amides is 3.